The number of benzene rings is 1. The molecule has 7 heteroatoms. The second kappa shape index (κ2) is 6.97. The lowest BCUT2D eigenvalue weighted by Crippen LogP contribution is -2.39. The van der Waals surface area contributed by atoms with E-state index in [0.717, 1.165) is 29.2 Å². The Kier molecular flexibility index (Phi) is 4.89. The first-order valence-corrected chi connectivity index (χ1v) is 8.40. The number of anilines is 2. The van der Waals surface area contributed by atoms with Crippen LogP contribution in [0, 0.1) is 12.8 Å². The predicted octanol–water partition coefficient (Wildman–Crippen LogP) is 3.86. The molecule has 0 saturated carbocycles. The Labute approximate surface area is 150 Å². The van der Waals surface area contributed by atoms with E-state index < -0.39 is 11.7 Å². The summed E-state index contributed by atoms with van der Waals surface area (Å²) in [6.07, 6.45) is -3.64. The molecule has 26 heavy (non-hydrogen) atoms. The van der Waals surface area contributed by atoms with E-state index in [-0.39, 0.29) is 11.8 Å². The lowest BCUT2D eigenvalue weighted by Gasteiger charge is -2.36. The minimum Gasteiger partial charge on any atom is -0.356 e. The van der Waals surface area contributed by atoms with Crippen LogP contribution in [0.5, 0.6) is 0 Å². The highest BCUT2D eigenvalue weighted by atomic mass is 19.4. The number of rotatable bonds is 3. The highest BCUT2D eigenvalue weighted by molar-refractivity contribution is 5.73. The number of hydrogen-bond acceptors (Lipinski definition) is 3. The van der Waals surface area contributed by atoms with Crippen molar-refractivity contribution >= 4 is 17.3 Å². The molecule has 4 nitrogen and oxygen atoms in total. The van der Waals surface area contributed by atoms with Crippen LogP contribution in [0.2, 0.25) is 0 Å². The minimum atomic E-state index is -4.36. The van der Waals surface area contributed by atoms with E-state index in [1.807, 2.05) is 24.0 Å². The van der Waals surface area contributed by atoms with Gasteiger partial charge in [-0.3, -0.25) is 9.78 Å². The molecular weight excluding hydrogens is 343 g/mol. The summed E-state index contributed by atoms with van der Waals surface area (Å²) in [6.45, 7) is 4.47. The summed E-state index contributed by atoms with van der Waals surface area (Å²) in [6, 6.07) is 8.98. The van der Waals surface area contributed by atoms with E-state index >= 15 is 0 Å². The Morgan fingerprint density at radius 3 is 2.54 bits per heavy atom. The monoisotopic (exact) mass is 363 g/mol. The van der Waals surface area contributed by atoms with Crippen molar-refractivity contribution in [2.24, 2.45) is 5.92 Å². The standard InChI is InChI=1S/C19H20F3N3O/c1-12-3-8-18-17(24-12)9-14(10-23-13(2)26)11-25(18)16-6-4-15(5-7-16)19(20,21)22/h3-8,14H,9-11H2,1-2H3,(H,23,26). The molecular formula is C19H20F3N3O. The van der Waals surface area contributed by atoms with Crippen LogP contribution < -0.4 is 10.2 Å². The molecule has 1 aliphatic rings. The molecule has 2 heterocycles. The fourth-order valence-corrected chi connectivity index (χ4v) is 3.19. The summed E-state index contributed by atoms with van der Waals surface area (Å²) in [5.74, 6) is 0.0251. The quantitative estimate of drug-likeness (QED) is 0.901. The maximum atomic E-state index is 12.8. The van der Waals surface area contributed by atoms with E-state index in [2.05, 4.69) is 10.3 Å². The molecule has 138 valence electrons. The van der Waals surface area contributed by atoms with Gasteiger partial charge in [0.05, 0.1) is 16.9 Å². The van der Waals surface area contributed by atoms with Gasteiger partial charge in [0.1, 0.15) is 0 Å². The third-order valence-electron chi connectivity index (χ3n) is 4.45. The number of aromatic nitrogens is 1. The van der Waals surface area contributed by atoms with Gasteiger partial charge < -0.3 is 10.2 Å². The predicted molar refractivity (Wildman–Crippen MR) is 93.3 cm³/mol. The van der Waals surface area contributed by atoms with Crippen LogP contribution in [0.3, 0.4) is 0 Å². The topological polar surface area (TPSA) is 45.2 Å². The highest BCUT2D eigenvalue weighted by Crippen LogP contribution is 2.36. The second-order valence-electron chi connectivity index (χ2n) is 6.58. The number of fused-ring (bicyclic) bond motifs is 1. The van der Waals surface area contributed by atoms with Gasteiger partial charge in [-0.1, -0.05) is 0 Å². The fourth-order valence-electron chi connectivity index (χ4n) is 3.19. The van der Waals surface area contributed by atoms with Crippen LogP contribution in [0.1, 0.15) is 23.9 Å². The summed E-state index contributed by atoms with van der Waals surface area (Å²) in [7, 11) is 0. The number of hydrogen-bond donors (Lipinski definition) is 1. The zero-order valence-electron chi connectivity index (χ0n) is 14.6. The van der Waals surface area contributed by atoms with Crippen molar-refractivity contribution in [3.63, 3.8) is 0 Å². The van der Waals surface area contributed by atoms with Gasteiger partial charge in [0.25, 0.3) is 0 Å². The average molecular weight is 363 g/mol. The van der Waals surface area contributed by atoms with Crippen molar-refractivity contribution < 1.29 is 18.0 Å². The Morgan fingerprint density at radius 1 is 1.23 bits per heavy atom. The third kappa shape index (κ3) is 3.98. The summed E-state index contributed by atoms with van der Waals surface area (Å²) >= 11 is 0. The van der Waals surface area contributed by atoms with E-state index in [9.17, 15) is 18.0 Å². The number of halogens is 3. The molecule has 1 N–H and O–H groups in total. The molecule has 1 aromatic heterocycles. The van der Waals surface area contributed by atoms with Gasteiger partial charge in [-0.15, -0.1) is 0 Å². The molecule has 0 fully saturated rings. The van der Waals surface area contributed by atoms with E-state index in [4.69, 9.17) is 0 Å². The Balaban J connectivity index is 1.92. The molecule has 0 spiro atoms. The number of carbonyl (C=O) groups is 1. The Bertz CT molecular complexity index is 803. The Morgan fingerprint density at radius 2 is 1.92 bits per heavy atom. The maximum absolute atomic E-state index is 12.8. The van der Waals surface area contributed by atoms with E-state index in [1.54, 1.807) is 0 Å². The highest BCUT2D eigenvalue weighted by Gasteiger charge is 2.31. The lowest BCUT2D eigenvalue weighted by atomic mass is 9.95. The number of carbonyl (C=O) groups excluding carboxylic acids is 1. The molecule has 0 saturated heterocycles. The average Bonchev–Trinajstić information content (AvgIpc) is 2.58. The first-order chi connectivity index (χ1) is 12.2. The summed E-state index contributed by atoms with van der Waals surface area (Å²) in [5.41, 5.74) is 2.69. The van der Waals surface area contributed by atoms with Crippen molar-refractivity contribution in [3.05, 3.63) is 53.3 Å². The largest absolute Gasteiger partial charge is 0.416 e. The van der Waals surface area contributed by atoms with Gasteiger partial charge in [-0.25, -0.2) is 0 Å². The number of pyridine rings is 1. The number of amides is 1. The van der Waals surface area contributed by atoms with Crippen molar-refractivity contribution in [2.75, 3.05) is 18.0 Å². The zero-order chi connectivity index (χ0) is 18.9. The second-order valence-corrected chi connectivity index (χ2v) is 6.58. The van der Waals surface area contributed by atoms with Crippen LogP contribution in [0.15, 0.2) is 36.4 Å². The number of nitrogens with one attached hydrogen (secondary N) is 1. The number of nitrogens with zero attached hydrogens (tertiary/aromatic N) is 2. The van der Waals surface area contributed by atoms with E-state index in [0.29, 0.717) is 25.2 Å². The third-order valence-corrected chi connectivity index (χ3v) is 4.45. The molecule has 1 unspecified atom stereocenters. The summed E-state index contributed by atoms with van der Waals surface area (Å²) in [4.78, 5) is 17.8. The number of aryl methyl sites for hydroxylation is 1. The smallest absolute Gasteiger partial charge is 0.356 e. The van der Waals surface area contributed by atoms with Gasteiger partial charge in [0.15, 0.2) is 0 Å². The molecule has 0 radical (unpaired) electrons. The summed E-state index contributed by atoms with van der Waals surface area (Å²) in [5, 5.41) is 2.82. The lowest BCUT2D eigenvalue weighted by molar-refractivity contribution is -0.137. The van der Waals surface area contributed by atoms with Crippen molar-refractivity contribution in [2.45, 2.75) is 26.4 Å². The minimum absolute atomic E-state index is 0.103. The number of alkyl halides is 3. The van der Waals surface area contributed by atoms with Crippen LogP contribution in [0.25, 0.3) is 0 Å². The van der Waals surface area contributed by atoms with Crippen molar-refractivity contribution in [3.8, 4) is 0 Å². The first kappa shape index (κ1) is 18.2. The van der Waals surface area contributed by atoms with Crippen molar-refractivity contribution in [1.82, 2.24) is 10.3 Å². The fraction of sp³-hybridized carbons (Fsp3) is 0.368. The van der Waals surface area contributed by atoms with Gasteiger partial charge in [-0.2, -0.15) is 13.2 Å². The molecule has 2 aromatic rings. The molecule has 1 aliphatic heterocycles. The Hall–Kier alpha value is -2.57. The van der Waals surface area contributed by atoms with Gasteiger partial charge >= 0.3 is 6.18 Å². The molecule has 0 aliphatic carbocycles. The zero-order valence-corrected chi connectivity index (χ0v) is 14.6. The SMILES string of the molecule is CC(=O)NCC1Cc2nc(C)ccc2N(c2ccc(C(F)(F)F)cc2)C1. The molecule has 1 atom stereocenters. The van der Waals surface area contributed by atoms with Crippen LogP contribution in [-0.4, -0.2) is 24.0 Å². The molecule has 1 amide bonds. The van der Waals surface area contributed by atoms with Crippen LogP contribution in [0.4, 0.5) is 24.5 Å². The summed E-state index contributed by atoms with van der Waals surface area (Å²) < 4.78 is 38.5. The molecule has 3 rings (SSSR count). The van der Waals surface area contributed by atoms with E-state index in [1.165, 1.54) is 19.1 Å². The molecule has 0 bridgehead atoms. The van der Waals surface area contributed by atoms with Crippen LogP contribution >= 0.6 is 0 Å². The maximum Gasteiger partial charge on any atom is 0.416 e. The van der Waals surface area contributed by atoms with Gasteiger partial charge in [0.2, 0.25) is 5.91 Å². The van der Waals surface area contributed by atoms with Crippen molar-refractivity contribution in [1.29, 1.82) is 0 Å². The van der Waals surface area contributed by atoms with Crippen LogP contribution in [-0.2, 0) is 17.4 Å². The molecule has 1 aromatic carbocycles. The normalized spacial score (nSPS) is 17.0. The van der Waals surface area contributed by atoms with Gasteiger partial charge in [-0.05, 0) is 55.7 Å². The van der Waals surface area contributed by atoms with Gasteiger partial charge in [0, 0.05) is 31.4 Å². The first-order valence-electron chi connectivity index (χ1n) is 8.40.